The van der Waals surface area contributed by atoms with E-state index in [4.69, 9.17) is 0 Å². The molecule has 6 heteroatoms. The molecule has 2 aliphatic heterocycles. The first-order valence-corrected chi connectivity index (χ1v) is 5.94. The van der Waals surface area contributed by atoms with E-state index >= 15 is 0 Å². The number of carbonyl (C=O) groups is 1. The van der Waals surface area contributed by atoms with Crippen molar-refractivity contribution in [1.29, 1.82) is 0 Å². The van der Waals surface area contributed by atoms with Gasteiger partial charge in [-0.3, -0.25) is 4.79 Å². The molecule has 0 bridgehead atoms. The molecule has 1 atom stereocenters. The van der Waals surface area contributed by atoms with Gasteiger partial charge in [-0.25, -0.2) is 4.99 Å². The van der Waals surface area contributed by atoms with Crippen LogP contribution in [0.3, 0.4) is 0 Å². The van der Waals surface area contributed by atoms with Crippen molar-refractivity contribution < 1.29 is 4.79 Å². The average Bonchev–Trinajstić information content (AvgIpc) is 2.61. The number of carbonyl (C=O) groups excluding carboxylic acids is 1. The van der Waals surface area contributed by atoms with E-state index in [0.29, 0.717) is 10.9 Å². The molecular formula is C9H12N4OS. The number of amides is 1. The van der Waals surface area contributed by atoms with Crippen molar-refractivity contribution in [3.05, 3.63) is 0 Å². The molecule has 0 aliphatic carbocycles. The summed E-state index contributed by atoms with van der Waals surface area (Å²) in [7, 11) is 0. The van der Waals surface area contributed by atoms with Gasteiger partial charge in [0.1, 0.15) is 6.04 Å². The predicted octanol–water partition coefficient (Wildman–Crippen LogP) is 0.670. The van der Waals surface area contributed by atoms with E-state index in [2.05, 4.69) is 20.5 Å². The van der Waals surface area contributed by atoms with Gasteiger partial charge in [0, 0.05) is 0 Å². The molecule has 15 heavy (non-hydrogen) atoms. The first-order chi connectivity index (χ1) is 7.13. The largest absolute Gasteiger partial charge is 0.300 e. The SMILES string of the molecule is CSC1=NC2C(=NN=C2C(C)C)C(=O)N1. The van der Waals surface area contributed by atoms with E-state index in [1.165, 1.54) is 11.8 Å². The number of rotatable bonds is 1. The van der Waals surface area contributed by atoms with Crippen LogP contribution >= 0.6 is 11.8 Å². The molecule has 5 nitrogen and oxygen atoms in total. The Hall–Kier alpha value is -1.17. The zero-order valence-electron chi connectivity index (χ0n) is 8.81. The standard InChI is InChI=1S/C9H12N4OS/c1-4(2)5-6-7(13-12-5)8(14)11-9(10-6)15-3/h4,6H,1-3H3,(H,10,11,14). The van der Waals surface area contributed by atoms with Crippen molar-refractivity contribution in [2.24, 2.45) is 21.1 Å². The lowest BCUT2D eigenvalue weighted by molar-refractivity contribution is -0.113. The van der Waals surface area contributed by atoms with Crippen LogP contribution in [0.5, 0.6) is 0 Å². The summed E-state index contributed by atoms with van der Waals surface area (Å²) < 4.78 is 0. The van der Waals surface area contributed by atoms with Crippen molar-refractivity contribution >= 4 is 34.3 Å². The highest BCUT2D eigenvalue weighted by Crippen LogP contribution is 2.18. The van der Waals surface area contributed by atoms with E-state index in [1.807, 2.05) is 20.1 Å². The van der Waals surface area contributed by atoms with Gasteiger partial charge in [0.15, 0.2) is 10.9 Å². The quantitative estimate of drug-likeness (QED) is 0.711. The molecule has 1 N–H and O–H groups in total. The number of aliphatic imine (C=N–C) groups is 1. The minimum absolute atomic E-state index is 0.182. The first-order valence-electron chi connectivity index (χ1n) is 4.72. The van der Waals surface area contributed by atoms with Gasteiger partial charge in [-0.05, 0) is 12.2 Å². The second-order valence-electron chi connectivity index (χ2n) is 3.66. The van der Waals surface area contributed by atoms with Crippen LogP contribution in [0.1, 0.15) is 13.8 Å². The minimum atomic E-state index is -0.263. The summed E-state index contributed by atoms with van der Waals surface area (Å²) in [5, 5.41) is 11.2. The number of nitrogens with one attached hydrogen (secondary N) is 1. The monoisotopic (exact) mass is 224 g/mol. The molecule has 0 spiro atoms. The molecule has 0 aromatic heterocycles. The Labute approximate surface area is 92.1 Å². The Bertz CT molecular complexity index is 397. The molecule has 0 fully saturated rings. The molecule has 0 saturated carbocycles. The molecule has 2 heterocycles. The van der Waals surface area contributed by atoms with Gasteiger partial charge >= 0.3 is 0 Å². The fraction of sp³-hybridized carbons (Fsp3) is 0.556. The van der Waals surface area contributed by atoms with Gasteiger partial charge in [0.05, 0.1) is 5.71 Å². The van der Waals surface area contributed by atoms with Crippen molar-refractivity contribution in [3.63, 3.8) is 0 Å². The van der Waals surface area contributed by atoms with Gasteiger partial charge in [-0.15, -0.1) is 5.10 Å². The number of fused-ring (bicyclic) bond motifs is 1. The van der Waals surface area contributed by atoms with Gasteiger partial charge < -0.3 is 5.32 Å². The third kappa shape index (κ3) is 1.69. The lowest BCUT2D eigenvalue weighted by atomic mass is 9.97. The van der Waals surface area contributed by atoms with Gasteiger partial charge in [0.2, 0.25) is 0 Å². The number of hydrogen-bond acceptors (Lipinski definition) is 5. The van der Waals surface area contributed by atoms with Crippen LogP contribution in [-0.4, -0.2) is 34.8 Å². The van der Waals surface area contributed by atoms with Crippen LogP contribution in [0, 0.1) is 5.92 Å². The van der Waals surface area contributed by atoms with Crippen molar-refractivity contribution in [1.82, 2.24) is 5.32 Å². The van der Waals surface area contributed by atoms with Crippen LogP contribution in [0.4, 0.5) is 0 Å². The zero-order valence-corrected chi connectivity index (χ0v) is 9.63. The van der Waals surface area contributed by atoms with E-state index in [0.717, 1.165) is 5.71 Å². The number of thioether (sulfide) groups is 1. The Kier molecular flexibility index (Phi) is 2.60. The zero-order chi connectivity index (χ0) is 11.0. The number of hydrogen-bond donors (Lipinski definition) is 1. The van der Waals surface area contributed by atoms with Crippen molar-refractivity contribution in [3.8, 4) is 0 Å². The molecule has 2 aliphatic rings. The van der Waals surface area contributed by atoms with Gasteiger partial charge in [-0.1, -0.05) is 25.6 Å². The summed E-state index contributed by atoms with van der Waals surface area (Å²) in [5.41, 5.74) is 1.28. The third-order valence-corrected chi connectivity index (χ3v) is 2.89. The Morgan fingerprint density at radius 3 is 2.73 bits per heavy atom. The number of nitrogens with zero attached hydrogens (tertiary/aromatic N) is 3. The maximum absolute atomic E-state index is 11.6. The molecule has 80 valence electrons. The van der Waals surface area contributed by atoms with Crippen LogP contribution in [0.15, 0.2) is 15.2 Å². The Morgan fingerprint density at radius 1 is 1.40 bits per heavy atom. The van der Waals surface area contributed by atoms with E-state index in [-0.39, 0.29) is 17.9 Å². The molecule has 2 rings (SSSR count). The number of amidine groups is 1. The molecule has 1 amide bonds. The summed E-state index contributed by atoms with van der Waals surface area (Å²) in [4.78, 5) is 16.0. The van der Waals surface area contributed by atoms with Crippen molar-refractivity contribution in [2.75, 3.05) is 6.26 Å². The van der Waals surface area contributed by atoms with Crippen LogP contribution in [0.2, 0.25) is 0 Å². The minimum Gasteiger partial charge on any atom is -0.300 e. The maximum Gasteiger partial charge on any atom is 0.276 e. The highest BCUT2D eigenvalue weighted by Gasteiger charge is 2.36. The molecule has 0 aromatic rings. The second-order valence-corrected chi connectivity index (χ2v) is 4.45. The van der Waals surface area contributed by atoms with Gasteiger partial charge in [-0.2, -0.15) is 5.10 Å². The molecular weight excluding hydrogens is 212 g/mol. The summed E-state index contributed by atoms with van der Waals surface area (Å²) in [6, 6.07) is -0.263. The summed E-state index contributed by atoms with van der Waals surface area (Å²) >= 11 is 1.42. The Balaban J connectivity index is 2.34. The maximum atomic E-state index is 11.6. The summed E-state index contributed by atoms with van der Waals surface area (Å²) in [6.07, 6.45) is 1.88. The molecule has 0 radical (unpaired) electrons. The lowest BCUT2D eigenvalue weighted by Crippen LogP contribution is -2.47. The fourth-order valence-electron chi connectivity index (χ4n) is 1.50. The summed E-state index contributed by atoms with van der Waals surface area (Å²) in [5.74, 6) is 0.0766. The molecule has 0 saturated heterocycles. The third-order valence-electron chi connectivity index (χ3n) is 2.30. The smallest absolute Gasteiger partial charge is 0.276 e. The summed E-state index contributed by atoms with van der Waals surface area (Å²) in [6.45, 7) is 4.05. The van der Waals surface area contributed by atoms with Crippen LogP contribution in [-0.2, 0) is 4.79 Å². The highest BCUT2D eigenvalue weighted by molar-refractivity contribution is 8.13. The van der Waals surface area contributed by atoms with E-state index < -0.39 is 0 Å². The van der Waals surface area contributed by atoms with Crippen LogP contribution < -0.4 is 5.32 Å². The normalized spacial score (nSPS) is 24.4. The lowest BCUT2D eigenvalue weighted by Gasteiger charge is -2.19. The van der Waals surface area contributed by atoms with E-state index in [9.17, 15) is 4.79 Å². The predicted molar refractivity (Wildman–Crippen MR) is 62.6 cm³/mol. The van der Waals surface area contributed by atoms with E-state index in [1.54, 1.807) is 0 Å². The fourth-order valence-corrected chi connectivity index (χ4v) is 1.91. The van der Waals surface area contributed by atoms with Crippen molar-refractivity contribution in [2.45, 2.75) is 19.9 Å². The Morgan fingerprint density at radius 2 is 2.13 bits per heavy atom. The van der Waals surface area contributed by atoms with Gasteiger partial charge in [0.25, 0.3) is 5.91 Å². The molecule has 0 aromatic carbocycles. The second kappa shape index (κ2) is 3.77. The van der Waals surface area contributed by atoms with Crippen LogP contribution in [0.25, 0.3) is 0 Å². The first kappa shape index (κ1) is 10.4. The topological polar surface area (TPSA) is 66.2 Å². The molecule has 1 unspecified atom stereocenters. The highest BCUT2D eigenvalue weighted by atomic mass is 32.2. The average molecular weight is 224 g/mol.